The molecule has 0 aliphatic carbocycles. The lowest BCUT2D eigenvalue weighted by molar-refractivity contribution is -0.132. The van der Waals surface area contributed by atoms with E-state index in [1.165, 1.54) is 0 Å². The lowest BCUT2D eigenvalue weighted by Gasteiger charge is -2.23. The number of carbonyl (C=O) groups is 1. The fourth-order valence-corrected chi connectivity index (χ4v) is 5.61. The van der Waals surface area contributed by atoms with Crippen LogP contribution >= 0.6 is 11.6 Å². The van der Waals surface area contributed by atoms with Crippen LogP contribution in [0, 0.1) is 0 Å². The van der Waals surface area contributed by atoms with E-state index in [1.54, 1.807) is 11.1 Å². The molecule has 1 aromatic heterocycles. The third-order valence-electron chi connectivity index (χ3n) is 7.49. The number of aromatic nitrogens is 1. The van der Waals surface area contributed by atoms with Crippen molar-refractivity contribution in [1.82, 2.24) is 9.99 Å². The summed E-state index contributed by atoms with van der Waals surface area (Å²) in [6, 6.07) is 32.6. The quantitative estimate of drug-likeness (QED) is 0.247. The zero-order valence-electron chi connectivity index (χ0n) is 22.8. The van der Waals surface area contributed by atoms with Crippen molar-refractivity contribution in [1.29, 1.82) is 0 Å². The molecular weight excluding hydrogens is 532 g/mol. The van der Waals surface area contributed by atoms with Gasteiger partial charge < -0.3 is 9.88 Å². The second kappa shape index (κ2) is 11.1. The molecule has 0 saturated carbocycles. The number of amides is 1. The summed E-state index contributed by atoms with van der Waals surface area (Å²) in [5.41, 5.74) is 6.01. The fourth-order valence-electron chi connectivity index (χ4n) is 5.44. The molecule has 0 unspecified atom stereocenters. The zero-order valence-corrected chi connectivity index (χ0v) is 23.6. The van der Waals surface area contributed by atoms with Crippen LogP contribution < -0.4 is 10.5 Å². The lowest BCUT2D eigenvalue weighted by Crippen LogP contribution is -2.28. The Morgan fingerprint density at radius 3 is 2.29 bits per heavy atom. The number of hydrogen-bond acceptors (Lipinski definition) is 4. The van der Waals surface area contributed by atoms with E-state index in [-0.39, 0.29) is 23.9 Å². The predicted molar refractivity (Wildman–Crippen MR) is 167 cm³/mol. The van der Waals surface area contributed by atoms with Gasteiger partial charge in [0.2, 0.25) is 5.91 Å². The maximum Gasteiger partial charge on any atom is 0.258 e. The summed E-state index contributed by atoms with van der Waals surface area (Å²) < 4.78 is 0. The number of carbonyl (C=O) groups excluding carboxylic acids is 1. The Bertz CT molecular complexity index is 1810. The molecule has 1 atom stereocenters. The summed E-state index contributed by atoms with van der Waals surface area (Å²) in [5, 5.41) is 7.83. The Balaban J connectivity index is 1.51. The maximum absolute atomic E-state index is 13.8. The molecule has 7 heteroatoms. The molecule has 5 aromatic rings. The first-order valence-corrected chi connectivity index (χ1v) is 13.9. The van der Waals surface area contributed by atoms with Gasteiger partial charge in [-0.2, -0.15) is 5.10 Å². The summed E-state index contributed by atoms with van der Waals surface area (Å²) in [7, 11) is 3.98. The highest BCUT2D eigenvalue weighted by Gasteiger charge is 2.35. The van der Waals surface area contributed by atoms with Crippen LogP contribution in [0.2, 0.25) is 5.02 Å². The summed E-state index contributed by atoms with van der Waals surface area (Å²) in [5.74, 6) is -0.130. The molecule has 41 heavy (non-hydrogen) atoms. The number of H-pyrrole nitrogens is 1. The Morgan fingerprint density at radius 1 is 0.927 bits per heavy atom. The van der Waals surface area contributed by atoms with E-state index in [0.29, 0.717) is 28.2 Å². The van der Waals surface area contributed by atoms with E-state index in [9.17, 15) is 9.59 Å². The Hall–Kier alpha value is -4.68. The van der Waals surface area contributed by atoms with Crippen molar-refractivity contribution < 1.29 is 4.79 Å². The highest BCUT2D eigenvalue weighted by molar-refractivity contribution is 6.31. The summed E-state index contributed by atoms with van der Waals surface area (Å²) in [6.07, 6.45) is 0.607. The molecule has 6 rings (SSSR count). The maximum atomic E-state index is 13.8. The van der Waals surface area contributed by atoms with Crippen LogP contribution in [-0.2, 0) is 11.2 Å². The van der Waals surface area contributed by atoms with Crippen molar-refractivity contribution >= 4 is 39.8 Å². The average molecular weight is 561 g/mol. The Morgan fingerprint density at radius 2 is 1.61 bits per heavy atom. The minimum absolute atomic E-state index is 0.130. The van der Waals surface area contributed by atoms with Gasteiger partial charge in [-0.1, -0.05) is 84.4 Å². The molecule has 1 aliphatic heterocycles. The van der Waals surface area contributed by atoms with Gasteiger partial charge in [-0.3, -0.25) is 9.59 Å². The van der Waals surface area contributed by atoms with Crippen molar-refractivity contribution in [3.05, 3.63) is 135 Å². The number of aromatic amines is 1. The molecular formula is C34H29ClN4O2. The van der Waals surface area contributed by atoms with E-state index >= 15 is 0 Å². The topological polar surface area (TPSA) is 68.8 Å². The molecule has 6 nitrogen and oxygen atoms in total. The Labute approximate surface area is 243 Å². The fraction of sp³-hybridized carbons (Fsp3) is 0.147. The SMILES string of the molecule is CN(C)c1ccc([C@@H]2CC(c3c(-c4ccccc4)c4cc(Cl)ccc4[nH]c3=O)=NN2C(=O)Cc2ccccc2)cc1. The third-order valence-corrected chi connectivity index (χ3v) is 7.72. The molecule has 204 valence electrons. The number of halogens is 1. The normalized spacial score (nSPS) is 14.8. The molecule has 1 N–H and O–H groups in total. The molecule has 1 amide bonds. The second-order valence-electron chi connectivity index (χ2n) is 10.4. The standard InChI is InChI=1S/C34H29ClN4O2/c1-38(2)26-16-13-23(14-17-26)30-21-29(37-39(30)31(40)19-22-9-5-3-6-10-22)33-32(24-11-7-4-8-12-24)27-20-25(35)15-18-28(27)36-34(33)41/h3-18,20,30H,19,21H2,1-2H3,(H,36,41)/t30-/m0/s1. The largest absolute Gasteiger partial charge is 0.378 e. The molecule has 0 spiro atoms. The number of benzene rings is 4. The first kappa shape index (κ1) is 26.5. The van der Waals surface area contributed by atoms with E-state index in [1.807, 2.05) is 116 Å². The molecule has 4 aromatic carbocycles. The number of pyridine rings is 1. The number of fused-ring (bicyclic) bond motifs is 1. The number of rotatable bonds is 6. The van der Waals surface area contributed by atoms with Gasteiger partial charge in [0.15, 0.2) is 0 Å². The van der Waals surface area contributed by atoms with Crippen molar-refractivity contribution in [2.45, 2.75) is 18.9 Å². The van der Waals surface area contributed by atoms with Gasteiger partial charge in [-0.15, -0.1) is 0 Å². The smallest absolute Gasteiger partial charge is 0.258 e. The van der Waals surface area contributed by atoms with Crippen LogP contribution in [0.3, 0.4) is 0 Å². The molecule has 0 radical (unpaired) electrons. The molecule has 0 fully saturated rings. The van der Waals surface area contributed by atoms with Crippen LogP contribution in [0.1, 0.15) is 29.2 Å². The number of anilines is 1. The van der Waals surface area contributed by atoms with Gasteiger partial charge in [0, 0.05) is 47.7 Å². The first-order valence-electron chi connectivity index (χ1n) is 13.5. The highest BCUT2D eigenvalue weighted by Crippen LogP contribution is 2.38. The van der Waals surface area contributed by atoms with Crippen molar-refractivity contribution in [3.8, 4) is 11.1 Å². The van der Waals surface area contributed by atoms with Gasteiger partial charge in [0.25, 0.3) is 5.56 Å². The first-order chi connectivity index (χ1) is 19.9. The van der Waals surface area contributed by atoms with Gasteiger partial charge in [-0.05, 0) is 47.0 Å². The highest BCUT2D eigenvalue weighted by atomic mass is 35.5. The van der Waals surface area contributed by atoms with Gasteiger partial charge in [-0.25, -0.2) is 5.01 Å². The van der Waals surface area contributed by atoms with E-state index in [0.717, 1.165) is 33.3 Å². The number of hydrogen-bond donors (Lipinski definition) is 1. The summed E-state index contributed by atoms with van der Waals surface area (Å²) in [6.45, 7) is 0. The second-order valence-corrected chi connectivity index (χ2v) is 10.8. The third kappa shape index (κ3) is 5.26. The van der Waals surface area contributed by atoms with Crippen molar-refractivity contribution in [2.75, 3.05) is 19.0 Å². The van der Waals surface area contributed by atoms with Crippen LogP contribution in [0.4, 0.5) is 5.69 Å². The van der Waals surface area contributed by atoms with Crippen LogP contribution in [0.15, 0.2) is 113 Å². The van der Waals surface area contributed by atoms with Crippen molar-refractivity contribution in [3.63, 3.8) is 0 Å². The molecule has 0 bridgehead atoms. The van der Waals surface area contributed by atoms with Gasteiger partial charge >= 0.3 is 0 Å². The van der Waals surface area contributed by atoms with Crippen LogP contribution in [0.5, 0.6) is 0 Å². The minimum atomic E-state index is -0.351. The van der Waals surface area contributed by atoms with E-state index in [4.69, 9.17) is 16.7 Å². The Kier molecular flexibility index (Phi) is 7.16. The molecule has 0 saturated heterocycles. The number of nitrogens with one attached hydrogen (secondary N) is 1. The van der Waals surface area contributed by atoms with Crippen LogP contribution in [-0.4, -0.2) is 35.7 Å². The molecule has 2 heterocycles. The zero-order chi connectivity index (χ0) is 28.5. The average Bonchev–Trinajstić information content (AvgIpc) is 3.43. The van der Waals surface area contributed by atoms with Crippen molar-refractivity contribution in [2.24, 2.45) is 5.10 Å². The number of nitrogens with zero attached hydrogens (tertiary/aromatic N) is 3. The summed E-state index contributed by atoms with van der Waals surface area (Å²) in [4.78, 5) is 32.6. The van der Waals surface area contributed by atoms with Gasteiger partial charge in [0.1, 0.15) is 0 Å². The summed E-state index contributed by atoms with van der Waals surface area (Å²) >= 11 is 6.43. The predicted octanol–water partition coefficient (Wildman–Crippen LogP) is 6.83. The minimum Gasteiger partial charge on any atom is -0.378 e. The number of hydrazone groups is 1. The van der Waals surface area contributed by atoms with E-state index in [2.05, 4.69) is 4.98 Å². The van der Waals surface area contributed by atoms with E-state index < -0.39 is 0 Å². The monoisotopic (exact) mass is 560 g/mol. The van der Waals surface area contributed by atoms with Crippen LogP contribution in [0.25, 0.3) is 22.0 Å². The van der Waals surface area contributed by atoms with Gasteiger partial charge in [0.05, 0.1) is 23.7 Å². The molecule has 1 aliphatic rings. The lowest BCUT2D eigenvalue weighted by atomic mass is 9.91.